The number of imide groups is 1. The first-order valence-electron chi connectivity index (χ1n) is 6.82. The van der Waals surface area contributed by atoms with Gasteiger partial charge < -0.3 is 4.74 Å². The minimum absolute atomic E-state index is 0.284. The number of hydrazone groups is 1. The van der Waals surface area contributed by atoms with Crippen molar-refractivity contribution in [3.63, 3.8) is 0 Å². The third kappa shape index (κ3) is 2.62. The van der Waals surface area contributed by atoms with Gasteiger partial charge in [-0.3, -0.25) is 14.4 Å². The second-order valence-electron chi connectivity index (χ2n) is 4.81. The maximum Gasteiger partial charge on any atom is 0.282 e. The lowest BCUT2D eigenvalue weighted by atomic mass is 10.1. The van der Waals surface area contributed by atoms with Crippen molar-refractivity contribution in [2.24, 2.45) is 5.10 Å². The number of hydrogen-bond acceptors (Lipinski definition) is 5. The number of amides is 2. The molecule has 0 unspecified atom stereocenters. The lowest BCUT2D eigenvalue weighted by Crippen LogP contribution is -2.24. The van der Waals surface area contributed by atoms with Crippen LogP contribution < -0.4 is 4.74 Å². The quantitative estimate of drug-likeness (QED) is 0.493. The number of methoxy groups -OCH3 is 1. The largest absolute Gasteiger partial charge is 0.497 e. The highest BCUT2D eigenvalue weighted by molar-refractivity contribution is 6.36. The summed E-state index contributed by atoms with van der Waals surface area (Å²) < 4.78 is 5.01. The average molecular weight is 308 g/mol. The average Bonchev–Trinajstić information content (AvgIpc) is 2.84. The molecular weight excluding hydrogens is 296 g/mol. The molecule has 1 aliphatic heterocycles. The summed E-state index contributed by atoms with van der Waals surface area (Å²) in [6.07, 6.45) is 0.962. The van der Waals surface area contributed by atoms with Crippen LogP contribution in [0.4, 0.5) is 0 Å². The van der Waals surface area contributed by atoms with Crippen molar-refractivity contribution in [3.8, 4) is 5.75 Å². The second kappa shape index (κ2) is 5.84. The highest BCUT2D eigenvalue weighted by Gasteiger charge is 2.35. The van der Waals surface area contributed by atoms with E-state index >= 15 is 0 Å². The van der Waals surface area contributed by atoms with Crippen molar-refractivity contribution < 1.29 is 19.1 Å². The van der Waals surface area contributed by atoms with Gasteiger partial charge in [0, 0.05) is 5.56 Å². The third-order valence-corrected chi connectivity index (χ3v) is 3.44. The molecule has 6 heteroatoms. The topological polar surface area (TPSA) is 76.0 Å². The summed E-state index contributed by atoms with van der Waals surface area (Å²) in [7, 11) is 1.53. The fourth-order valence-corrected chi connectivity index (χ4v) is 2.22. The molecule has 1 aliphatic rings. The molecule has 0 saturated heterocycles. The summed E-state index contributed by atoms with van der Waals surface area (Å²) >= 11 is 0. The van der Waals surface area contributed by atoms with Gasteiger partial charge in [0.1, 0.15) is 5.75 Å². The third-order valence-electron chi connectivity index (χ3n) is 3.44. The van der Waals surface area contributed by atoms with E-state index in [1.54, 1.807) is 48.5 Å². The van der Waals surface area contributed by atoms with Gasteiger partial charge in [0.25, 0.3) is 11.8 Å². The Labute approximate surface area is 132 Å². The Morgan fingerprint density at radius 2 is 1.57 bits per heavy atom. The molecule has 0 saturated carbocycles. The number of carbonyl (C=O) groups excluding carboxylic acids is 3. The molecule has 0 radical (unpaired) electrons. The van der Waals surface area contributed by atoms with Gasteiger partial charge in [-0.05, 0) is 36.4 Å². The number of fused-ring (bicyclic) bond motifs is 1. The van der Waals surface area contributed by atoms with E-state index in [1.807, 2.05) is 0 Å². The molecule has 0 N–H and O–H groups in total. The first-order valence-corrected chi connectivity index (χ1v) is 6.82. The highest BCUT2D eigenvalue weighted by atomic mass is 16.5. The predicted molar refractivity (Wildman–Crippen MR) is 82.8 cm³/mol. The van der Waals surface area contributed by atoms with E-state index in [2.05, 4.69) is 5.10 Å². The summed E-state index contributed by atoms with van der Waals surface area (Å²) in [6.45, 7) is 0. The Balaban J connectivity index is 1.79. The summed E-state index contributed by atoms with van der Waals surface area (Å²) in [5, 5.41) is 4.45. The van der Waals surface area contributed by atoms with Gasteiger partial charge in [-0.1, -0.05) is 12.1 Å². The Hall–Kier alpha value is -3.28. The standard InChI is InChI=1S/C17H12N2O4/c1-23-12-8-6-11(7-9-12)15(20)10-18-19-16(21)13-4-2-3-5-14(13)17(19)22/h2-10H,1H3/b18-10+. The fraction of sp³-hybridized carbons (Fsp3) is 0.0588. The Morgan fingerprint density at radius 1 is 1.00 bits per heavy atom. The van der Waals surface area contributed by atoms with E-state index < -0.39 is 17.6 Å². The fourth-order valence-electron chi connectivity index (χ4n) is 2.22. The number of ether oxygens (including phenoxy) is 1. The van der Waals surface area contributed by atoms with E-state index in [0.29, 0.717) is 16.3 Å². The van der Waals surface area contributed by atoms with Crippen LogP contribution >= 0.6 is 0 Å². The van der Waals surface area contributed by atoms with Crippen LogP contribution in [0.2, 0.25) is 0 Å². The molecule has 0 spiro atoms. The normalized spacial score (nSPS) is 13.5. The summed E-state index contributed by atoms with van der Waals surface area (Å²) in [4.78, 5) is 36.3. The maximum atomic E-state index is 12.1. The molecule has 0 atom stereocenters. The van der Waals surface area contributed by atoms with Crippen molar-refractivity contribution in [2.75, 3.05) is 7.11 Å². The molecule has 114 valence electrons. The first-order chi connectivity index (χ1) is 11.1. The second-order valence-corrected chi connectivity index (χ2v) is 4.81. The lowest BCUT2D eigenvalue weighted by Gasteiger charge is -2.05. The molecule has 0 fully saturated rings. The Kier molecular flexibility index (Phi) is 3.72. The van der Waals surface area contributed by atoms with Crippen LogP contribution in [-0.2, 0) is 0 Å². The molecule has 6 nitrogen and oxygen atoms in total. The van der Waals surface area contributed by atoms with Gasteiger partial charge in [0.2, 0.25) is 5.78 Å². The number of rotatable bonds is 4. The molecule has 3 rings (SSSR count). The molecule has 23 heavy (non-hydrogen) atoms. The van der Waals surface area contributed by atoms with Gasteiger partial charge in [-0.15, -0.1) is 0 Å². The first kappa shape index (κ1) is 14.6. The van der Waals surface area contributed by atoms with Crippen molar-refractivity contribution in [2.45, 2.75) is 0 Å². The monoisotopic (exact) mass is 308 g/mol. The molecule has 2 amide bonds. The summed E-state index contributed by atoms with van der Waals surface area (Å²) in [6, 6.07) is 12.9. The minimum Gasteiger partial charge on any atom is -0.497 e. The van der Waals surface area contributed by atoms with Crippen LogP contribution in [0.15, 0.2) is 53.6 Å². The van der Waals surface area contributed by atoms with Crippen LogP contribution in [0.5, 0.6) is 5.75 Å². The SMILES string of the molecule is COc1ccc(C(=O)/C=N/N2C(=O)c3ccccc3C2=O)cc1. The Bertz CT molecular complexity index is 790. The maximum absolute atomic E-state index is 12.1. The molecule has 0 bridgehead atoms. The van der Waals surface area contributed by atoms with Crippen LogP contribution in [0.3, 0.4) is 0 Å². The zero-order chi connectivity index (χ0) is 16.4. The van der Waals surface area contributed by atoms with Gasteiger partial charge in [-0.25, -0.2) is 0 Å². The summed E-state index contributed by atoms with van der Waals surface area (Å²) in [5.41, 5.74) is 0.948. The number of ketones is 1. The van der Waals surface area contributed by atoms with Crippen molar-refractivity contribution >= 4 is 23.8 Å². The van der Waals surface area contributed by atoms with Gasteiger partial charge in [0.05, 0.1) is 24.5 Å². The molecule has 0 aromatic heterocycles. The van der Waals surface area contributed by atoms with E-state index in [-0.39, 0.29) is 11.1 Å². The van der Waals surface area contributed by atoms with Crippen LogP contribution in [0.25, 0.3) is 0 Å². The number of Topliss-reactive ketones (excluding diaryl/α,β-unsaturated/α-hetero) is 1. The summed E-state index contributed by atoms with van der Waals surface area (Å²) in [5.74, 6) is -0.864. The Morgan fingerprint density at radius 3 is 2.09 bits per heavy atom. The zero-order valence-corrected chi connectivity index (χ0v) is 12.2. The van der Waals surface area contributed by atoms with Crippen molar-refractivity contribution in [3.05, 3.63) is 65.2 Å². The molecule has 2 aromatic rings. The van der Waals surface area contributed by atoms with Crippen LogP contribution in [0.1, 0.15) is 31.1 Å². The van der Waals surface area contributed by atoms with Gasteiger partial charge in [-0.2, -0.15) is 10.1 Å². The number of hydrogen-bond donors (Lipinski definition) is 0. The molecule has 2 aromatic carbocycles. The zero-order valence-electron chi connectivity index (χ0n) is 12.2. The highest BCUT2D eigenvalue weighted by Crippen LogP contribution is 2.22. The minimum atomic E-state index is -0.538. The number of carbonyl (C=O) groups is 3. The van der Waals surface area contributed by atoms with Gasteiger partial charge in [0.15, 0.2) is 0 Å². The number of benzene rings is 2. The van der Waals surface area contributed by atoms with E-state index in [9.17, 15) is 14.4 Å². The van der Waals surface area contributed by atoms with Crippen molar-refractivity contribution in [1.82, 2.24) is 5.01 Å². The van der Waals surface area contributed by atoms with Gasteiger partial charge >= 0.3 is 0 Å². The lowest BCUT2D eigenvalue weighted by molar-refractivity contribution is 0.0660. The molecule has 1 heterocycles. The number of nitrogens with zero attached hydrogens (tertiary/aromatic N) is 2. The van der Waals surface area contributed by atoms with E-state index in [4.69, 9.17) is 4.74 Å². The smallest absolute Gasteiger partial charge is 0.282 e. The van der Waals surface area contributed by atoms with E-state index in [0.717, 1.165) is 6.21 Å². The van der Waals surface area contributed by atoms with Crippen LogP contribution in [-0.4, -0.2) is 35.9 Å². The van der Waals surface area contributed by atoms with E-state index in [1.165, 1.54) is 7.11 Å². The molecule has 0 aliphatic carbocycles. The predicted octanol–water partition coefficient (Wildman–Crippen LogP) is 2.16. The van der Waals surface area contributed by atoms with Crippen LogP contribution in [0, 0.1) is 0 Å². The molecular formula is C17H12N2O4. The van der Waals surface area contributed by atoms with Crippen molar-refractivity contribution in [1.29, 1.82) is 0 Å².